The molecule has 14 heavy (non-hydrogen) atoms. The first-order valence-corrected chi connectivity index (χ1v) is 4.28. The molecule has 0 bridgehead atoms. The lowest BCUT2D eigenvalue weighted by atomic mass is 10.3. The summed E-state index contributed by atoms with van der Waals surface area (Å²) in [7, 11) is 0. The van der Waals surface area contributed by atoms with Crippen molar-refractivity contribution in [2.75, 3.05) is 6.61 Å². The molecular weight excluding hydrogens is 184 g/mol. The summed E-state index contributed by atoms with van der Waals surface area (Å²) in [6.07, 6.45) is 0.221. The topological polar surface area (TPSA) is 52.6 Å². The Balaban J connectivity index is 3.59. The van der Waals surface area contributed by atoms with E-state index in [9.17, 15) is 9.59 Å². The van der Waals surface area contributed by atoms with Gasteiger partial charge in [0, 0.05) is 20.3 Å². The highest BCUT2D eigenvalue weighted by atomic mass is 16.5. The summed E-state index contributed by atoms with van der Waals surface area (Å²) in [5.41, 5.74) is 0. The SMILES string of the molecule is CC(=O)OCC#CC[C@@H](C)OC(C)=O. The van der Waals surface area contributed by atoms with Gasteiger partial charge in [0.2, 0.25) is 0 Å². The molecule has 0 aliphatic rings. The lowest BCUT2D eigenvalue weighted by Gasteiger charge is -2.06. The van der Waals surface area contributed by atoms with E-state index in [1.807, 2.05) is 0 Å². The second-order valence-electron chi connectivity index (χ2n) is 2.76. The van der Waals surface area contributed by atoms with Crippen molar-refractivity contribution in [3.63, 3.8) is 0 Å². The number of rotatable bonds is 3. The van der Waals surface area contributed by atoms with E-state index in [-0.39, 0.29) is 24.6 Å². The molecule has 0 aromatic heterocycles. The number of carbonyl (C=O) groups is 2. The Morgan fingerprint density at radius 1 is 1.21 bits per heavy atom. The quantitative estimate of drug-likeness (QED) is 0.499. The fourth-order valence-corrected chi connectivity index (χ4v) is 0.730. The average molecular weight is 198 g/mol. The van der Waals surface area contributed by atoms with Crippen LogP contribution in [-0.4, -0.2) is 24.6 Å². The minimum absolute atomic E-state index is 0.0854. The largest absolute Gasteiger partial charge is 0.462 e. The van der Waals surface area contributed by atoms with Crippen molar-refractivity contribution in [3.05, 3.63) is 0 Å². The van der Waals surface area contributed by atoms with Crippen molar-refractivity contribution in [1.29, 1.82) is 0 Å². The van der Waals surface area contributed by atoms with Crippen LogP contribution in [-0.2, 0) is 19.1 Å². The van der Waals surface area contributed by atoms with Gasteiger partial charge in [0.05, 0.1) is 0 Å². The molecule has 78 valence electrons. The molecule has 4 nitrogen and oxygen atoms in total. The fourth-order valence-electron chi connectivity index (χ4n) is 0.730. The number of hydrogen-bond donors (Lipinski definition) is 0. The monoisotopic (exact) mass is 198 g/mol. The van der Waals surface area contributed by atoms with E-state index in [0.29, 0.717) is 6.42 Å². The first-order chi connectivity index (χ1) is 6.52. The minimum atomic E-state index is -0.354. The van der Waals surface area contributed by atoms with Gasteiger partial charge in [0.1, 0.15) is 6.10 Å². The van der Waals surface area contributed by atoms with E-state index < -0.39 is 0 Å². The zero-order chi connectivity index (χ0) is 11.0. The highest BCUT2D eigenvalue weighted by Crippen LogP contribution is 1.95. The normalized spacial score (nSPS) is 10.8. The van der Waals surface area contributed by atoms with Crippen LogP contribution in [0.3, 0.4) is 0 Å². The summed E-state index contributed by atoms with van der Waals surface area (Å²) < 4.78 is 9.41. The first kappa shape index (κ1) is 12.5. The molecule has 0 aliphatic carbocycles. The molecule has 0 fully saturated rings. The number of carbonyl (C=O) groups excluding carboxylic acids is 2. The summed E-state index contributed by atoms with van der Waals surface area (Å²) in [6, 6.07) is 0. The molecule has 0 unspecified atom stereocenters. The lowest BCUT2D eigenvalue weighted by Crippen LogP contribution is -2.11. The predicted octanol–water partition coefficient (Wildman–Crippen LogP) is 0.895. The van der Waals surface area contributed by atoms with Crippen molar-refractivity contribution in [1.82, 2.24) is 0 Å². The molecular formula is C10H14O4. The summed E-state index contributed by atoms with van der Waals surface area (Å²) in [5.74, 6) is 4.70. The van der Waals surface area contributed by atoms with Gasteiger partial charge < -0.3 is 9.47 Å². The van der Waals surface area contributed by atoms with Crippen molar-refractivity contribution in [2.24, 2.45) is 0 Å². The standard InChI is InChI=1S/C10H14O4/c1-8(14-10(3)12)6-4-5-7-13-9(2)11/h8H,6-7H2,1-3H3/t8-/m1/s1. The van der Waals surface area contributed by atoms with Gasteiger partial charge in [0.15, 0.2) is 6.61 Å². The Kier molecular flexibility index (Phi) is 6.21. The third-order valence-electron chi connectivity index (χ3n) is 1.23. The summed E-state index contributed by atoms with van der Waals surface area (Å²) in [6.45, 7) is 4.51. The Morgan fingerprint density at radius 3 is 2.36 bits per heavy atom. The number of ether oxygens (including phenoxy) is 2. The van der Waals surface area contributed by atoms with Crippen LogP contribution in [0.2, 0.25) is 0 Å². The highest BCUT2D eigenvalue weighted by Gasteiger charge is 2.01. The maximum atomic E-state index is 10.5. The summed E-state index contributed by atoms with van der Waals surface area (Å²) in [4.78, 5) is 20.8. The highest BCUT2D eigenvalue weighted by molar-refractivity contribution is 5.66. The molecule has 0 amide bonds. The Labute approximate surface area is 83.6 Å². The van der Waals surface area contributed by atoms with Crippen molar-refractivity contribution in [3.8, 4) is 11.8 Å². The molecule has 0 N–H and O–H groups in total. The molecule has 0 aliphatic heterocycles. The van der Waals surface area contributed by atoms with E-state index in [0.717, 1.165) is 0 Å². The lowest BCUT2D eigenvalue weighted by molar-refractivity contribution is -0.145. The third kappa shape index (κ3) is 8.60. The molecule has 0 saturated heterocycles. The number of esters is 2. The van der Waals surface area contributed by atoms with Crippen LogP contribution in [0.1, 0.15) is 27.2 Å². The Bertz CT molecular complexity index is 259. The molecule has 4 heteroatoms. The molecule has 0 rings (SSSR count). The number of hydrogen-bond acceptors (Lipinski definition) is 4. The van der Waals surface area contributed by atoms with Crippen LogP contribution in [0, 0.1) is 11.8 Å². The van der Waals surface area contributed by atoms with Crippen molar-refractivity contribution < 1.29 is 19.1 Å². The van der Waals surface area contributed by atoms with Crippen LogP contribution < -0.4 is 0 Å². The van der Waals surface area contributed by atoms with E-state index in [1.165, 1.54) is 13.8 Å². The molecule has 0 aromatic carbocycles. The van der Waals surface area contributed by atoms with Gasteiger partial charge in [-0.2, -0.15) is 0 Å². The van der Waals surface area contributed by atoms with Crippen molar-refractivity contribution >= 4 is 11.9 Å². The Hall–Kier alpha value is -1.50. The van der Waals surface area contributed by atoms with Gasteiger partial charge in [0.25, 0.3) is 0 Å². The Morgan fingerprint density at radius 2 is 1.86 bits per heavy atom. The van der Waals surface area contributed by atoms with E-state index in [4.69, 9.17) is 4.74 Å². The molecule has 0 heterocycles. The fraction of sp³-hybridized carbons (Fsp3) is 0.600. The van der Waals surface area contributed by atoms with Crippen LogP contribution in [0.25, 0.3) is 0 Å². The van der Waals surface area contributed by atoms with Gasteiger partial charge >= 0.3 is 11.9 Å². The van der Waals surface area contributed by atoms with Gasteiger partial charge in [-0.1, -0.05) is 11.8 Å². The van der Waals surface area contributed by atoms with Gasteiger partial charge in [-0.25, -0.2) is 0 Å². The van der Waals surface area contributed by atoms with Gasteiger partial charge in [-0.3, -0.25) is 9.59 Å². The summed E-state index contributed by atoms with van der Waals surface area (Å²) in [5, 5.41) is 0. The predicted molar refractivity (Wildman–Crippen MR) is 50.3 cm³/mol. The molecule has 0 radical (unpaired) electrons. The zero-order valence-corrected chi connectivity index (χ0v) is 8.62. The first-order valence-electron chi connectivity index (χ1n) is 4.28. The van der Waals surface area contributed by atoms with Crippen LogP contribution in [0.15, 0.2) is 0 Å². The van der Waals surface area contributed by atoms with Gasteiger partial charge in [-0.05, 0) is 6.92 Å². The van der Waals surface area contributed by atoms with Crippen LogP contribution in [0.5, 0.6) is 0 Å². The average Bonchev–Trinajstić information content (AvgIpc) is 2.01. The zero-order valence-electron chi connectivity index (χ0n) is 8.62. The maximum Gasteiger partial charge on any atom is 0.303 e. The smallest absolute Gasteiger partial charge is 0.303 e. The van der Waals surface area contributed by atoms with E-state index in [1.54, 1.807) is 6.92 Å². The molecule has 0 saturated carbocycles. The molecule has 1 atom stereocenters. The molecule has 0 aromatic rings. The second-order valence-corrected chi connectivity index (χ2v) is 2.76. The van der Waals surface area contributed by atoms with E-state index >= 15 is 0 Å². The molecule has 0 spiro atoms. The van der Waals surface area contributed by atoms with Gasteiger partial charge in [-0.15, -0.1) is 0 Å². The minimum Gasteiger partial charge on any atom is -0.462 e. The summed E-state index contributed by atoms with van der Waals surface area (Å²) >= 11 is 0. The third-order valence-corrected chi connectivity index (χ3v) is 1.23. The maximum absolute atomic E-state index is 10.5. The van der Waals surface area contributed by atoms with Crippen LogP contribution >= 0.6 is 0 Å². The second kappa shape index (κ2) is 6.96. The van der Waals surface area contributed by atoms with Crippen molar-refractivity contribution in [2.45, 2.75) is 33.3 Å². The van der Waals surface area contributed by atoms with E-state index in [2.05, 4.69) is 16.6 Å². The van der Waals surface area contributed by atoms with Crippen LogP contribution in [0.4, 0.5) is 0 Å².